The minimum atomic E-state index is -0.376. The van der Waals surface area contributed by atoms with E-state index in [0.29, 0.717) is 16.5 Å². The molecule has 0 atom stereocenters. The van der Waals surface area contributed by atoms with Gasteiger partial charge in [0.2, 0.25) is 5.82 Å². The molecular formula is C21H15ClN4O. The molecule has 0 radical (unpaired) electrons. The van der Waals surface area contributed by atoms with Crippen LogP contribution in [0.25, 0.3) is 17.1 Å². The lowest BCUT2D eigenvalue weighted by Crippen LogP contribution is -2.14. The fourth-order valence-corrected chi connectivity index (χ4v) is 2.87. The predicted molar refractivity (Wildman–Crippen MR) is 106 cm³/mol. The van der Waals surface area contributed by atoms with Crippen molar-refractivity contribution in [3.8, 4) is 17.1 Å². The van der Waals surface area contributed by atoms with Crippen LogP contribution in [0.2, 0.25) is 5.02 Å². The van der Waals surface area contributed by atoms with E-state index in [0.717, 1.165) is 11.3 Å². The van der Waals surface area contributed by atoms with Crippen LogP contribution in [0.3, 0.4) is 0 Å². The molecule has 132 valence electrons. The molecule has 0 saturated heterocycles. The van der Waals surface area contributed by atoms with Gasteiger partial charge < -0.3 is 5.32 Å². The van der Waals surface area contributed by atoms with Crippen LogP contribution in [0.5, 0.6) is 0 Å². The van der Waals surface area contributed by atoms with E-state index in [1.165, 1.54) is 0 Å². The molecule has 1 aromatic heterocycles. The first kappa shape index (κ1) is 17.0. The van der Waals surface area contributed by atoms with Gasteiger partial charge in [0.1, 0.15) is 0 Å². The molecule has 1 N–H and O–H groups in total. The van der Waals surface area contributed by atoms with Crippen LogP contribution < -0.4 is 5.32 Å². The Kier molecular flexibility index (Phi) is 4.68. The van der Waals surface area contributed by atoms with Gasteiger partial charge in [-0.1, -0.05) is 60.1 Å². The Hall–Kier alpha value is -3.44. The summed E-state index contributed by atoms with van der Waals surface area (Å²) < 4.78 is 1.64. The van der Waals surface area contributed by atoms with Crippen molar-refractivity contribution < 1.29 is 4.79 Å². The molecule has 4 rings (SSSR count). The number of nitrogens with one attached hydrogen (secondary N) is 1. The summed E-state index contributed by atoms with van der Waals surface area (Å²) in [4.78, 5) is 17.1. The molecule has 3 aromatic carbocycles. The SMILES string of the molecule is O=C(Nc1ccccc1)c1nc(-c2cccc(Cl)c2)n(-c2ccccc2)n1. The van der Waals surface area contributed by atoms with E-state index >= 15 is 0 Å². The summed E-state index contributed by atoms with van der Waals surface area (Å²) in [7, 11) is 0. The van der Waals surface area contributed by atoms with Gasteiger partial charge in [-0.25, -0.2) is 9.67 Å². The summed E-state index contributed by atoms with van der Waals surface area (Å²) in [6.07, 6.45) is 0. The molecule has 1 heterocycles. The van der Waals surface area contributed by atoms with Crippen molar-refractivity contribution in [2.45, 2.75) is 0 Å². The third-order valence-electron chi connectivity index (χ3n) is 3.93. The van der Waals surface area contributed by atoms with Crippen molar-refractivity contribution in [1.82, 2.24) is 14.8 Å². The quantitative estimate of drug-likeness (QED) is 0.556. The van der Waals surface area contributed by atoms with Crippen molar-refractivity contribution in [2.75, 3.05) is 5.32 Å². The first-order valence-corrected chi connectivity index (χ1v) is 8.73. The van der Waals surface area contributed by atoms with E-state index in [9.17, 15) is 4.79 Å². The molecule has 0 unspecified atom stereocenters. The highest BCUT2D eigenvalue weighted by Gasteiger charge is 2.19. The van der Waals surface area contributed by atoms with Crippen molar-refractivity contribution in [3.05, 3.63) is 95.8 Å². The van der Waals surface area contributed by atoms with Gasteiger partial charge >= 0.3 is 0 Å². The third-order valence-corrected chi connectivity index (χ3v) is 4.16. The zero-order valence-corrected chi connectivity index (χ0v) is 15.0. The number of anilines is 1. The topological polar surface area (TPSA) is 59.8 Å². The van der Waals surface area contributed by atoms with Crippen LogP contribution in [0.1, 0.15) is 10.6 Å². The van der Waals surface area contributed by atoms with Crippen molar-refractivity contribution >= 4 is 23.2 Å². The number of para-hydroxylation sites is 2. The van der Waals surface area contributed by atoms with Crippen molar-refractivity contribution in [3.63, 3.8) is 0 Å². The highest BCUT2D eigenvalue weighted by atomic mass is 35.5. The van der Waals surface area contributed by atoms with E-state index in [2.05, 4.69) is 15.4 Å². The van der Waals surface area contributed by atoms with Gasteiger partial charge in [-0.3, -0.25) is 4.79 Å². The Labute approximate surface area is 161 Å². The Morgan fingerprint density at radius 3 is 2.30 bits per heavy atom. The maximum atomic E-state index is 12.6. The summed E-state index contributed by atoms with van der Waals surface area (Å²) in [5.74, 6) is 0.249. The molecule has 6 heteroatoms. The molecule has 0 aliphatic heterocycles. The van der Waals surface area contributed by atoms with Gasteiger partial charge in [0.25, 0.3) is 5.91 Å². The summed E-state index contributed by atoms with van der Waals surface area (Å²) in [6.45, 7) is 0. The van der Waals surface area contributed by atoms with Crippen LogP contribution in [0, 0.1) is 0 Å². The van der Waals surface area contributed by atoms with Gasteiger partial charge in [-0.15, -0.1) is 5.10 Å². The number of hydrogen-bond acceptors (Lipinski definition) is 3. The summed E-state index contributed by atoms with van der Waals surface area (Å²) >= 11 is 6.13. The molecule has 5 nitrogen and oxygen atoms in total. The maximum absolute atomic E-state index is 12.6. The minimum Gasteiger partial charge on any atom is -0.319 e. The molecule has 4 aromatic rings. The zero-order valence-electron chi connectivity index (χ0n) is 14.2. The first-order chi connectivity index (χ1) is 13.2. The highest BCUT2D eigenvalue weighted by Crippen LogP contribution is 2.24. The fourth-order valence-electron chi connectivity index (χ4n) is 2.68. The second-order valence-corrected chi connectivity index (χ2v) is 6.27. The third kappa shape index (κ3) is 3.73. The number of nitrogens with zero attached hydrogens (tertiary/aromatic N) is 3. The molecule has 0 aliphatic rings. The number of benzene rings is 3. The van der Waals surface area contributed by atoms with E-state index < -0.39 is 0 Å². The number of amides is 1. The minimum absolute atomic E-state index is 0.0812. The van der Waals surface area contributed by atoms with Crippen LogP contribution in [0.15, 0.2) is 84.9 Å². The summed E-state index contributed by atoms with van der Waals surface area (Å²) in [5, 5.41) is 7.83. The van der Waals surface area contributed by atoms with Crippen LogP contribution in [-0.4, -0.2) is 20.7 Å². The van der Waals surface area contributed by atoms with Gasteiger partial charge in [0, 0.05) is 16.3 Å². The standard InChI is InChI=1S/C21H15ClN4O/c22-16-9-7-8-15(14-16)20-24-19(21(27)23-17-10-3-1-4-11-17)25-26(20)18-12-5-2-6-13-18/h1-14H,(H,23,27). The molecule has 0 bridgehead atoms. The molecule has 0 fully saturated rings. The number of carbonyl (C=O) groups is 1. The van der Waals surface area contributed by atoms with Crippen molar-refractivity contribution in [1.29, 1.82) is 0 Å². The number of rotatable bonds is 4. The smallest absolute Gasteiger partial charge is 0.295 e. The van der Waals surface area contributed by atoms with Gasteiger partial charge in [-0.05, 0) is 36.4 Å². The van der Waals surface area contributed by atoms with Gasteiger partial charge in [0.05, 0.1) is 5.69 Å². The average molecular weight is 375 g/mol. The molecule has 27 heavy (non-hydrogen) atoms. The summed E-state index contributed by atoms with van der Waals surface area (Å²) in [5.41, 5.74) is 2.26. The predicted octanol–water partition coefficient (Wildman–Crippen LogP) is 4.84. The molecule has 0 aliphatic carbocycles. The molecular weight excluding hydrogens is 360 g/mol. The monoisotopic (exact) mass is 374 g/mol. The number of carbonyl (C=O) groups excluding carboxylic acids is 1. The average Bonchev–Trinajstić information content (AvgIpc) is 3.15. The van der Waals surface area contributed by atoms with Crippen LogP contribution >= 0.6 is 11.6 Å². The maximum Gasteiger partial charge on any atom is 0.295 e. The Morgan fingerprint density at radius 2 is 1.59 bits per heavy atom. The van der Waals surface area contributed by atoms with Crippen molar-refractivity contribution in [2.24, 2.45) is 0 Å². The molecule has 1 amide bonds. The number of halogens is 1. The van der Waals surface area contributed by atoms with E-state index in [4.69, 9.17) is 11.6 Å². The van der Waals surface area contributed by atoms with Crippen LogP contribution in [-0.2, 0) is 0 Å². The van der Waals surface area contributed by atoms with E-state index in [-0.39, 0.29) is 11.7 Å². The van der Waals surface area contributed by atoms with Crippen LogP contribution in [0.4, 0.5) is 5.69 Å². The number of aromatic nitrogens is 3. The lowest BCUT2D eigenvalue weighted by Gasteiger charge is -2.05. The van der Waals surface area contributed by atoms with Gasteiger partial charge in [-0.2, -0.15) is 0 Å². The normalized spacial score (nSPS) is 10.6. The second kappa shape index (κ2) is 7.43. The lowest BCUT2D eigenvalue weighted by atomic mass is 10.2. The molecule has 0 saturated carbocycles. The Morgan fingerprint density at radius 1 is 0.889 bits per heavy atom. The molecule has 0 spiro atoms. The Bertz CT molecular complexity index is 1080. The van der Waals surface area contributed by atoms with Gasteiger partial charge in [0.15, 0.2) is 5.82 Å². The van der Waals surface area contributed by atoms with E-state index in [1.807, 2.05) is 72.8 Å². The Balaban J connectivity index is 1.77. The fraction of sp³-hybridized carbons (Fsp3) is 0. The second-order valence-electron chi connectivity index (χ2n) is 5.84. The number of hydrogen-bond donors (Lipinski definition) is 1. The summed E-state index contributed by atoms with van der Waals surface area (Å²) in [6, 6.07) is 26.0. The zero-order chi connectivity index (χ0) is 18.6. The highest BCUT2D eigenvalue weighted by molar-refractivity contribution is 6.30. The first-order valence-electron chi connectivity index (χ1n) is 8.35. The van der Waals surface area contributed by atoms with E-state index in [1.54, 1.807) is 16.8 Å². The lowest BCUT2D eigenvalue weighted by molar-refractivity contribution is 0.101. The largest absolute Gasteiger partial charge is 0.319 e.